The van der Waals surface area contributed by atoms with Crippen LogP contribution in [0.2, 0.25) is 0 Å². The summed E-state index contributed by atoms with van der Waals surface area (Å²) in [4.78, 5) is 10.9. The molecule has 0 unspecified atom stereocenters. The van der Waals surface area contributed by atoms with Gasteiger partial charge in [0, 0.05) is 6.42 Å². The van der Waals surface area contributed by atoms with Crippen LogP contribution in [0, 0.1) is 0 Å². The Morgan fingerprint density at radius 2 is 2.00 bits per heavy atom. The summed E-state index contributed by atoms with van der Waals surface area (Å²) in [6.45, 7) is 0. The van der Waals surface area contributed by atoms with Gasteiger partial charge in [0.15, 0.2) is 0 Å². The summed E-state index contributed by atoms with van der Waals surface area (Å²) in [6, 6.07) is 7.09. The van der Waals surface area contributed by atoms with Crippen molar-refractivity contribution < 1.29 is 9.90 Å². The van der Waals surface area contributed by atoms with Crippen LogP contribution in [0.25, 0.3) is 0 Å². The molecule has 0 spiro atoms. The predicted octanol–water partition coefficient (Wildman–Crippen LogP) is 1.34. The molecule has 0 bridgehead atoms. The number of nitrogens with one attached hydrogen (secondary N) is 1. The third kappa shape index (κ3) is 1.64. The van der Waals surface area contributed by atoms with Crippen LogP contribution in [-0.2, 0) is 4.79 Å². The van der Waals surface area contributed by atoms with Gasteiger partial charge in [0.05, 0.1) is 6.04 Å². The van der Waals surface area contributed by atoms with E-state index in [4.69, 9.17) is 5.11 Å². The average molecular weight is 177 g/mol. The molecule has 1 atom stereocenters. The fraction of sp³-hybridized carbons (Fsp3) is 0.300. The Hall–Kier alpha value is -1.51. The highest BCUT2D eigenvalue weighted by Gasteiger charge is 2.21. The number of carbonyl (C=O) groups excluding carboxylic acids is 1. The Morgan fingerprint density at radius 3 is 2.54 bits per heavy atom. The first-order valence-corrected chi connectivity index (χ1v) is 4.34. The van der Waals surface area contributed by atoms with Crippen molar-refractivity contribution >= 4 is 5.91 Å². The maximum Gasteiger partial charge on any atom is 0.220 e. The minimum Gasteiger partial charge on any atom is -0.508 e. The molecule has 1 aliphatic heterocycles. The summed E-state index contributed by atoms with van der Waals surface area (Å²) in [5, 5.41) is 11.9. The van der Waals surface area contributed by atoms with E-state index in [9.17, 15) is 4.79 Å². The topological polar surface area (TPSA) is 49.3 Å². The SMILES string of the molecule is O=C1CC[C@@H](c2ccc(O)cc2)N1. The molecule has 0 saturated carbocycles. The second kappa shape index (κ2) is 3.09. The Morgan fingerprint density at radius 1 is 1.31 bits per heavy atom. The third-order valence-corrected chi connectivity index (χ3v) is 2.29. The monoisotopic (exact) mass is 177 g/mol. The van der Waals surface area contributed by atoms with E-state index in [1.807, 2.05) is 12.1 Å². The van der Waals surface area contributed by atoms with E-state index in [0.717, 1.165) is 12.0 Å². The van der Waals surface area contributed by atoms with Gasteiger partial charge in [-0.2, -0.15) is 0 Å². The zero-order chi connectivity index (χ0) is 9.26. The lowest BCUT2D eigenvalue weighted by atomic mass is 10.1. The number of aromatic hydroxyl groups is 1. The molecule has 1 aromatic rings. The molecule has 0 aliphatic carbocycles. The first kappa shape index (κ1) is 8.10. The van der Waals surface area contributed by atoms with E-state index in [1.54, 1.807) is 12.1 Å². The summed E-state index contributed by atoms with van der Waals surface area (Å²) in [7, 11) is 0. The maximum absolute atomic E-state index is 10.9. The van der Waals surface area contributed by atoms with E-state index in [0.29, 0.717) is 6.42 Å². The van der Waals surface area contributed by atoms with Gasteiger partial charge in [-0.1, -0.05) is 12.1 Å². The lowest BCUT2D eigenvalue weighted by Crippen LogP contribution is -2.17. The summed E-state index contributed by atoms with van der Waals surface area (Å²) < 4.78 is 0. The van der Waals surface area contributed by atoms with Crippen LogP contribution in [-0.4, -0.2) is 11.0 Å². The first-order chi connectivity index (χ1) is 6.25. The molecule has 3 heteroatoms. The highest BCUT2D eigenvalue weighted by Crippen LogP contribution is 2.24. The number of amides is 1. The zero-order valence-electron chi connectivity index (χ0n) is 7.16. The van der Waals surface area contributed by atoms with Crippen LogP contribution in [0.5, 0.6) is 5.75 Å². The normalized spacial score (nSPS) is 21.5. The maximum atomic E-state index is 10.9. The van der Waals surface area contributed by atoms with Crippen LogP contribution in [0.3, 0.4) is 0 Å². The average Bonchev–Trinajstić information content (AvgIpc) is 2.53. The van der Waals surface area contributed by atoms with Crippen LogP contribution in [0.15, 0.2) is 24.3 Å². The van der Waals surface area contributed by atoms with Crippen molar-refractivity contribution in [3.8, 4) is 5.75 Å². The van der Waals surface area contributed by atoms with E-state index in [2.05, 4.69) is 5.32 Å². The smallest absolute Gasteiger partial charge is 0.220 e. The third-order valence-electron chi connectivity index (χ3n) is 2.29. The second-order valence-corrected chi connectivity index (χ2v) is 3.25. The minimum atomic E-state index is 0.109. The number of rotatable bonds is 1. The molecule has 3 nitrogen and oxygen atoms in total. The lowest BCUT2D eigenvalue weighted by Gasteiger charge is -2.09. The van der Waals surface area contributed by atoms with Gasteiger partial charge in [0.25, 0.3) is 0 Å². The number of phenolic OH excluding ortho intramolecular Hbond substituents is 1. The first-order valence-electron chi connectivity index (χ1n) is 4.34. The van der Waals surface area contributed by atoms with Crippen molar-refractivity contribution in [3.63, 3.8) is 0 Å². The highest BCUT2D eigenvalue weighted by molar-refractivity contribution is 5.78. The van der Waals surface area contributed by atoms with Crippen LogP contribution >= 0.6 is 0 Å². The Bertz CT molecular complexity index is 318. The molecule has 1 fully saturated rings. The van der Waals surface area contributed by atoms with Gasteiger partial charge in [0.1, 0.15) is 5.75 Å². The molecule has 1 amide bonds. The predicted molar refractivity (Wildman–Crippen MR) is 48.2 cm³/mol. The Balaban J connectivity index is 2.17. The van der Waals surface area contributed by atoms with Gasteiger partial charge < -0.3 is 10.4 Å². The van der Waals surface area contributed by atoms with Crippen molar-refractivity contribution in [2.45, 2.75) is 18.9 Å². The highest BCUT2D eigenvalue weighted by atomic mass is 16.3. The number of hydrogen-bond donors (Lipinski definition) is 2. The Kier molecular flexibility index (Phi) is 1.93. The summed E-state index contributed by atoms with van der Waals surface area (Å²) in [6.07, 6.45) is 1.45. The molecule has 1 saturated heterocycles. The van der Waals surface area contributed by atoms with E-state index < -0.39 is 0 Å². The largest absolute Gasteiger partial charge is 0.508 e. The number of benzene rings is 1. The number of hydrogen-bond acceptors (Lipinski definition) is 2. The second-order valence-electron chi connectivity index (χ2n) is 3.25. The van der Waals surface area contributed by atoms with Gasteiger partial charge in [0.2, 0.25) is 5.91 Å². The molecule has 0 aromatic heterocycles. The zero-order valence-corrected chi connectivity index (χ0v) is 7.16. The quantitative estimate of drug-likeness (QED) is 0.680. The lowest BCUT2D eigenvalue weighted by molar-refractivity contribution is -0.119. The fourth-order valence-corrected chi connectivity index (χ4v) is 1.57. The van der Waals surface area contributed by atoms with Gasteiger partial charge >= 0.3 is 0 Å². The summed E-state index contributed by atoms with van der Waals surface area (Å²) in [5.74, 6) is 0.367. The molecule has 1 aliphatic rings. The summed E-state index contributed by atoms with van der Waals surface area (Å²) >= 11 is 0. The van der Waals surface area contributed by atoms with Gasteiger partial charge in [-0.05, 0) is 24.1 Å². The standard InChI is InChI=1S/C10H11NO2/c12-8-3-1-7(2-4-8)9-5-6-10(13)11-9/h1-4,9,12H,5-6H2,(H,11,13)/t9-/m0/s1. The van der Waals surface area contributed by atoms with Crippen molar-refractivity contribution in [1.82, 2.24) is 5.32 Å². The van der Waals surface area contributed by atoms with Crippen molar-refractivity contribution in [3.05, 3.63) is 29.8 Å². The van der Waals surface area contributed by atoms with E-state index in [-0.39, 0.29) is 17.7 Å². The fourth-order valence-electron chi connectivity index (χ4n) is 1.57. The molecule has 1 aromatic carbocycles. The van der Waals surface area contributed by atoms with E-state index >= 15 is 0 Å². The van der Waals surface area contributed by atoms with Crippen LogP contribution in [0.4, 0.5) is 0 Å². The van der Waals surface area contributed by atoms with Crippen molar-refractivity contribution in [2.75, 3.05) is 0 Å². The van der Waals surface area contributed by atoms with Gasteiger partial charge in [-0.25, -0.2) is 0 Å². The Labute approximate surface area is 76.4 Å². The number of phenols is 1. The van der Waals surface area contributed by atoms with Crippen LogP contribution < -0.4 is 5.32 Å². The molecule has 0 radical (unpaired) electrons. The van der Waals surface area contributed by atoms with Crippen molar-refractivity contribution in [2.24, 2.45) is 0 Å². The number of carbonyl (C=O) groups is 1. The molecular weight excluding hydrogens is 166 g/mol. The molecule has 1 heterocycles. The van der Waals surface area contributed by atoms with Crippen LogP contribution in [0.1, 0.15) is 24.4 Å². The van der Waals surface area contributed by atoms with E-state index in [1.165, 1.54) is 0 Å². The molecule has 2 N–H and O–H groups in total. The van der Waals surface area contributed by atoms with Gasteiger partial charge in [-0.3, -0.25) is 4.79 Å². The molecule has 13 heavy (non-hydrogen) atoms. The minimum absolute atomic E-state index is 0.109. The molecular formula is C10H11NO2. The molecule has 2 rings (SSSR count). The summed E-state index contributed by atoms with van der Waals surface area (Å²) in [5.41, 5.74) is 1.06. The van der Waals surface area contributed by atoms with Crippen molar-refractivity contribution in [1.29, 1.82) is 0 Å². The van der Waals surface area contributed by atoms with Gasteiger partial charge in [-0.15, -0.1) is 0 Å². The molecule has 68 valence electrons.